The van der Waals surface area contributed by atoms with Crippen molar-refractivity contribution in [1.29, 1.82) is 0 Å². The SMILES string of the molecule is COc1cc(F)c(/C=C/c2cc(CCc3cc(OC)c(OC)cc3F)nn2-c2ccccc2)cc1OC. The van der Waals surface area contributed by atoms with Crippen molar-refractivity contribution >= 4 is 12.2 Å². The molecule has 0 saturated carbocycles. The molecule has 0 spiro atoms. The third kappa shape index (κ3) is 5.74. The first-order valence-corrected chi connectivity index (χ1v) is 11.6. The fourth-order valence-electron chi connectivity index (χ4n) is 3.99. The van der Waals surface area contributed by atoms with Crippen LogP contribution in [-0.2, 0) is 12.8 Å². The molecule has 0 aliphatic rings. The van der Waals surface area contributed by atoms with E-state index >= 15 is 0 Å². The van der Waals surface area contributed by atoms with Gasteiger partial charge in [0.2, 0.25) is 0 Å². The number of methoxy groups -OCH3 is 4. The van der Waals surface area contributed by atoms with Gasteiger partial charge in [0.1, 0.15) is 11.6 Å². The zero-order valence-electron chi connectivity index (χ0n) is 21.1. The van der Waals surface area contributed by atoms with Crippen molar-refractivity contribution in [2.45, 2.75) is 12.8 Å². The Bertz CT molecular complexity index is 1400. The predicted molar refractivity (Wildman–Crippen MR) is 139 cm³/mol. The summed E-state index contributed by atoms with van der Waals surface area (Å²) in [5.74, 6) is 0.739. The van der Waals surface area contributed by atoms with E-state index in [9.17, 15) is 8.78 Å². The average molecular weight is 507 g/mol. The normalized spacial score (nSPS) is 11.1. The lowest BCUT2D eigenvalue weighted by Gasteiger charge is -2.10. The number of hydrogen-bond donors (Lipinski definition) is 0. The lowest BCUT2D eigenvalue weighted by Crippen LogP contribution is -2.01. The molecule has 4 rings (SSSR count). The number of hydrogen-bond acceptors (Lipinski definition) is 5. The van der Waals surface area contributed by atoms with E-state index in [0.717, 1.165) is 17.1 Å². The van der Waals surface area contributed by atoms with E-state index < -0.39 is 5.82 Å². The highest BCUT2D eigenvalue weighted by Crippen LogP contribution is 2.32. The van der Waals surface area contributed by atoms with E-state index in [1.54, 1.807) is 29.0 Å². The highest BCUT2D eigenvalue weighted by atomic mass is 19.1. The fraction of sp³-hybridized carbons (Fsp3) is 0.207. The van der Waals surface area contributed by atoms with Crippen LogP contribution >= 0.6 is 0 Å². The summed E-state index contributed by atoms with van der Waals surface area (Å²) in [5, 5.41) is 4.75. The molecule has 0 aliphatic heterocycles. The van der Waals surface area contributed by atoms with Crippen molar-refractivity contribution < 1.29 is 27.7 Å². The van der Waals surface area contributed by atoms with Gasteiger partial charge in [-0.2, -0.15) is 5.10 Å². The molecule has 1 heterocycles. The van der Waals surface area contributed by atoms with Crippen LogP contribution < -0.4 is 18.9 Å². The smallest absolute Gasteiger partial charge is 0.163 e. The Balaban J connectivity index is 1.65. The Labute approximate surface area is 214 Å². The molecule has 0 aliphatic carbocycles. The minimum absolute atomic E-state index is 0.316. The lowest BCUT2D eigenvalue weighted by atomic mass is 10.1. The first-order chi connectivity index (χ1) is 18.0. The average Bonchev–Trinajstić information content (AvgIpc) is 3.34. The number of para-hydroxylation sites is 1. The number of ether oxygens (including phenoxy) is 4. The Morgan fingerprint density at radius 3 is 1.95 bits per heavy atom. The molecule has 37 heavy (non-hydrogen) atoms. The molecular formula is C29H28F2N2O4. The van der Waals surface area contributed by atoms with Gasteiger partial charge in [-0.05, 0) is 60.9 Å². The summed E-state index contributed by atoms with van der Waals surface area (Å²) in [6.45, 7) is 0. The summed E-state index contributed by atoms with van der Waals surface area (Å²) in [6, 6.07) is 17.3. The van der Waals surface area contributed by atoms with Crippen molar-refractivity contribution in [3.05, 3.63) is 94.8 Å². The van der Waals surface area contributed by atoms with Crippen molar-refractivity contribution in [2.75, 3.05) is 28.4 Å². The third-order valence-corrected chi connectivity index (χ3v) is 5.93. The minimum Gasteiger partial charge on any atom is -0.493 e. The van der Waals surface area contributed by atoms with Gasteiger partial charge in [-0.25, -0.2) is 13.5 Å². The maximum atomic E-state index is 14.7. The van der Waals surface area contributed by atoms with E-state index in [1.807, 2.05) is 36.4 Å². The number of nitrogens with zero attached hydrogens (tertiary/aromatic N) is 2. The monoisotopic (exact) mass is 506 g/mol. The molecule has 6 nitrogen and oxygen atoms in total. The lowest BCUT2D eigenvalue weighted by molar-refractivity contribution is 0.351. The number of benzene rings is 3. The summed E-state index contributed by atoms with van der Waals surface area (Å²) < 4.78 is 52.1. The van der Waals surface area contributed by atoms with E-state index in [2.05, 4.69) is 0 Å². The van der Waals surface area contributed by atoms with Gasteiger partial charge in [-0.1, -0.05) is 18.2 Å². The second-order valence-electron chi connectivity index (χ2n) is 8.17. The molecule has 3 aromatic carbocycles. The number of halogens is 2. The van der Waals surface area contributed by atoms with Crippen LogP contribution in [0.1, 0.15) is 22.5 Å². The second kappa shape index (κ2) is 11.6. The first kappa shape index (κ1) is 25.8. The Hall–Kier alpha value is -4.33. The number of aromatic nitrogens is 2. The van der Waals surface area contributed by atoms with Crippen LogP contribution in [0.25, 0.3) is 17.8 Å². The van der Waals surface area contributed by atoms with Crippen molar-refractivity contribution in [3.63, 3.8) is 0 Å². The van der Waals surface area contributed by atoms with Gasteiger partial charge in [-0.3, -0.25) is 0 Å². The third-order valence-electron chi connectivity index (χ3n) is 5.93. The Morgan fingerprint density at radius 1 is 0.703 bits per heavy atom. The first-order valence-electron chi connectivity index (χ1n) is 11.6. The maximum Gasteiger partial charge on any atom is 0.163 e. The van der Waals surface area contributed by atoms with Gasteiger partial charge in [0.25, 0.3) is 0 Å². The molecule has 0 unspecified atom stereocenters. The standard InChI is InChI=1S/C29H28F2N2O4/c1-34-26-14-19(24(30)17-28(26)36-3)10-12-21-16-23(33(32-21)22-8-6-5-7-9-22)13-11-20-15-27(35-2)29(37-4)18-25(20)31/h5-9,11,13-18H,10,12H2,1-4H3/b13-11+. The van der Waals surface area contributed by atoms with Gasteiger partial charge in [-0.15, -0.1) is 0 Å². The van der Waals surface area contributed by atoms with Crippen LogP contribution in [0, 0.1) is 11.6 Å². The van der Waals surface area contributed by atoms with E-state index in [-0.39, 0.29) is 5.82 Å². The van der Waals surface area contributed by atoms with Crippen LogP contribution in [0.5, 0.6) is 23.0 Å². The molecule has 192 valence electrons. The van der Waals surface area contributed by atoms with Crippen LogP contribution in [-0.4, -0.2) is 38.2 Å². The molecular weight excluding hydrogens is 478 g/mol. The highest BCUT2D eigenvalue weighted by molar-refractivity contribution is 5.71. The summed E-state index contributed by atoms with van der Waals surface area (Å²) >= 11 is 0. The van der Waals surface area contributed by atoms with Gasteiger partial charge in [0.05, 0.1) is 45.5 Å². The number of rotatable bonds is 10. The zero-order chi connectivity index (χ0) is 26.4. The molecule has 0 saturated heterocycles. The second-order valence-corrected chi connectivity index (χ2v) is 8.17. The van der Waals surface area contributed by atoms with Crippen LogP contribution in [0.4, 0.5) is 8.78 Å². The van der Waals surface area contributed by atoms with E-state index in [4.69, 9.17) is 24.0 Å². The van der Waals surface area contributed by atoms with Crippen LogP contribution in [0.3, 0.4) is 0 Å². The van der Waals surface area contributed by atoms with E-state index in [0.29, 0.717) is 47.0 Å². The van der Waals surface area contributed by atoms with Gasteiger partial charge < -0.3 is 18.9 Å². The molecule has 0 fully saturated rings. The summed E-state index contributed by atoms with van der Waals surface area (Å²) in [7, 11) is 5.94. The zero-order valence-corrected chi connectivity index (χ0v) is 21.1. The Morgan fingerprint density at radius 2 is 1.30 bits per heavy atom. The summed E-state index contributed by atoms with van der Waals surface area (Å²) in [4.78, 5) is 0. The molecule has 0 bridgehead atoms. The minimum atomic E-state index is -0.441. The number of aryl methyl sites for hydroxylation is 2. The van der Waals surface area contributed by atoms with Gasteiger partial charge in [0, 0.05) is 17.7 Å². The summed E-state index contributed by atoms with van der Waals surface area (Å²) in [5.41, 5.74) is 3.18. The van der Waals surface area contributed by atoms with Crippen molar-refractivity contribution in [2.24, 2.45) is 0 Å². The quantitative estimate of drug-likeness (QED) is 0.259. The molecule has 4 aromatic rings. The largest absolute Gasteiger partial charge is 0.493 e. The van der Waals surface area contributed by atoms with Crippen LogP contribution in [0.15, 0.2) is 60.7 Å². The highest BCUT2D eigenvalue weighted by Gasteiger charge is 2.14. The fourth-order valence-corrected chi connectivity index (χ4v) is 3.99. The molecule has 8 heteroatoms. The molecule has 1 aromatic heterocycles. The topological polar surface area (TPSA) is 54.7 Å². The summed E-state index contributed by atoms with van der Waals surface area (Å²) in [6.07, 6.45) is 4.33. The predicted octanol–water partition coefficient (Wildman–Crippen LogP) is 6.14. The van der Waals surface area contributed by atoms with Crippen molar-refractivity contribution in [1.82, 2.24) is 9.78 Å². The van der Waals surface area contributed by atoms with Gasteiger partial charge in [0.15, 0.2) is 23.0 Å². The molecule has 0 amide bonds. The Kier molecular flexibility index (Phi) is 8.08. The molecule has 0 atom stereocenters. The van der Waals surface area contributed by atoms with Gasteiger partial charge >= 0.3 is 0 Å². The van der Waals surface area contributed by atoms with E-state index in [1.165, 1.54) is 40.6 Å². The molecule has 0 radical (unpaired) electrons. The van der Waals surface area contributed by atoms with Crippen molar-refractivity contribution in [3.8, 4) is 28.7 Å². The van der Waals surface area contributed by atoms with Crippen LogP contribution in [0.2, 0.25) is 0 Å². The maximum absolute atomic E-state index is 14.7. The molecule has 0 N–H and O–H groups in total.